The number of aryl methyl sites for hydroxylation is 2. The molecular weight excluding hydrogens is 299 g/mol. The number of methoxy groups -OCH3 is 1. The number of rotatable bonds is 6. The molecule has 2 aromatic rings. The molecule has 0 N–H and O–H groups in total. The van der Waals surface area contributed by atoms with Crippen LogP contribution in [-0.4, -0.2) is 30.1 Å². The van der Waals surface area contributed by atoms with Gasteiger partial charge in [-0.15, -0.1) is 0 Å². The van der Waals surface area contributed by atoms with Crippen LogP contribution in [0.15, 0.2) is 22.7 Å². The molecule has 0 atom stereocenters. The van der Waals surface area contributed by atoms with Gasteiger partial charge >= 0.3 is 0 Å². The first kappa shape index (κ1) is 17.0. The molecule has 2 rings (SSSR count). The summed E-state index contributed by atoms with van der Waals surface area (Å²) in [7, 11) is 3.13. The molecule has 23 heavy (non-hydrogen) atoms. The van der Waals surface area contributed by atoms with E-state index in [4.69, 9.17) is 9.26 Å². The zero-order chi connectivity index (χ0) is 17.0. The molecule has 5 nitrogen and oxygen atoms in total. The lowest BCUT2D eigenvalue weighted by molar-refractivity contribution is -0.130. The number of hydrogen-bond donors (Lipinski definition) is 0. The number of benzene rings is 1. The van der Waals surface area contributed by atoms with Crippen molar-refractivity contribution in [2.75, 3.05) is 14.2 Å². The Morgan fingerprint density at radius 3 is 2.70 bits per heavy atom. The highest BCUT2D eigenvalue weighted by atomic mass is 19.1. The second-order valence-corrected chi connectivity index (χ2v) is 5.52. The summed E-state index contributed by atoms with van der Waals surface area (Å²) in [6.45, 7) is 4.05. The zero-order valence-electron chi connectivity index (χ0n) is 13.9. The van der Waals surface area contributed by atoms with E-state index in [0.29, 0.717) is 19.4 Å². The molecule has 0 saturated carbocycles. The summed E-state index contributed by atoms with van der Waals surface area (Å²) in [5.74, 6) is 0.499. The van der Waals surface area contributed by atoms with Crippen LogP contribution in [0.5, 0.6) is 5.75 Å². The first-order valence-electron chi connectivity index (χ1n) is 7.40. The van der Waals surface area contributed by atoms with E-state index in [2.05, 4.69) is 5.16 Å². The van der Waals surface area contributed by atoms with Gasteiger partial charge in [0.15, 0.2) is 11.6 Å². The van der Waals surface area contributed by atoms with E-state index >= 15 is 0 Å². The number of ether oxygens (including phenoxy) is 1. The third-order valence-corrected chi connectivity index (χ3v) is 3.83. The monoisotopic (exact) mass is 320 g/mol. The summed E-state index contributed by atoms with van der Waals surface area (Å²) < 4.78 is 23.7. The standard InChI is InChI=1S/C17H21FN2O3/c1-11-14(12(2)23-19-11)6-8-17(21)20(3)10-13-5-7-16(22-4)15(18)9-13/h5,7,9H,6,8,10H2,1-4H3. The van der Waals surface area contributed by atoms with Gasteiger partial charge in [-0.2, -0.15) is 0 Å². The van der Waals surface area contributed by atoms with Gasteiger partial charge in [-0.3, -0.25) is 4.79 Å². The number of halogens is 1. The Labute approximate surface area is 135 Å². The van der Waals surface area contributed by atoms with Crippen molar-refractivity contribution in [1.29, 1.82) is 0 Å². The predicted molar refractivity (Wildman–Crippen MR) is 83.7 cm³/mol. The SMILES string of the molecule is COc1ccc(CN(C)C(=O)CCc2c(C)noc2C)cc1F. The number of amides is 1. The number of carbonyl (C=O) groups excluding carboxylic acids is 1. The van der Waals surface area contributed by atoms with Gasteiger partial charge in [0.1, 0.15) is 5.76 Å². The Bertz CT molecular complexity index is 678. The first-order chi connectivity index (χ1) is 10.9. The fourth-order valence-electron chi connectivity index (χ4n) is 2.45. The number of hydrogen-bond acceptors (Lipinski definition) is 4. The van der Waals surface area contributed by atoms with Gasteiger partial charge in [-0.05, 0) is 38.0 Å². The van der Waals surface area contributed by atoms with Crippen molar-refractivity contribution >= 4 is 5.91 Å². The molecule has 0 aliphatic rings. The van der Waals surface area contributed by atoms with Gasteiger partial charge in [0.25, 0.3) is 0 Å². The molecule has 1 aromatic carbocycles. The summed E-state index contributed by atoms with van der Waals surface area (Å²) in [5.41, 5.74) is 2.51. The van der Waals surface area contributed by atoms with Crippen molar-refractivity contribution < 1.29 is 18.4 Å². The second kappa shape index (κ2) is 7.26. The largest absolute Gasteiger partial charge is 0.494 e. The van der Waals surface area contributed by atoms with Crippen molar-refractivity contribution in [2.24, 2.45) is 0 Å². The highest BCUT2D eigenvalue weighted by molar-refractivity contribution is 5.76. The molecule has 0 unspecified atom stereocenters. The normalized spacial score (nSPS) is 10.7. The minimum Gasteiger partial charge on any atom is -0.494 e. The Balaban J connectivity index is 1.93. The lowest BCUT2D eigenvalue weighted by Gasteiger charge is -2.17. The van der Waals surface area contributed by atoms with Crippen molar-refractivity contribution in [1.82, 2.24) is 10.1 Å². The van der Waals surface area contributed by atoms with Crippen LogP contribution in [0.4, 0.5) is 4.39 Å². The van der Waals surface area contributed by atoms with Crippen LogP contribution in [0, 0.1) is 19.7 Å². The molecule has 6 heteroatoms. The number of nitrogens with zero attached hydrogens (tertiary/aromatic N) is 2. The summed E-state index contributed by atoms with van der Waals surface area (Å²) in [6.07, 6.45) is 0.944. The molecule has 1 aromatic heterocycles. The van der Waals surface area contributed by atoms with Gasteiger partial charge in [-0.1, -0.05) is 11.2 Å². The van der Waals surface area contributed by atoms with Crippen molar-refractivity contribution in [2.45, 2.75) is 33.2 Å². The molecule has 124 valence electrons. The summed E-state index contributed by atoms with van der Waals surface area (Å²) in [5, 5.41) is 3.88. The Kier molecular flexibility index (Phi) is 5.36. The smallest absolute Gasteiger partial charge is 0.222 e. The van der Waals surface area contributed by atoms with Crippen molar-refractivity contribution in [3.05, 3.63) is 46.6 Å². The Hall–Kier alpha value is -2.37. The van der Waals surface area contributed by atoms with Crippen LogP contribution in [0.1, 0.15) is 29.0 Å². The van der Waals surface area contributed by atoms with Crippen LogP contribution in [0.2, 0.25) is 0 Å². The summed E-state index contributed by atoms with van der Waals surface area (Å²) >= 11 is 0. The van der Waals surface area contributed by atoms with Crippen molar-refractivity contribution in [3.8, 4) is 5.75 Å². The summed E-state index contributed by atoms with van der Waals surface area (Å²) in [6, 6.07) is 4.70. The van der Waals surface area contributed by atoms with Gasteiger partial charge in [0, 0.05) is 25.6 Å². The fraction of sp³-hybridized carbons (Fsp3) is 0.412. The van der Waals surface area contributed by atoms with Gasteiger partial charge in [-0.25, -0.2) is 4.39 Å². The molecule has 0 saturated heterocycles. The highest BCUT2D eigenvalue weighted by Crippen LogP contribution is 2.19. The maximum Gasteiger partial charge on any atom is 0.222 e. The van der Waals surface area contributed by atoms with Gasteiger partial charge < -0.3 is 14.2 Å². The molecule has 0 aliphatic carbocycles. The fourth-order valence-corrected chi connectivity index (χ4v) is 2.45. The van der Waals surface area contributed by atoms with Crippen LogP contribution >= 0.6 is 0 Å². The Morgan fingerprint density at radius 2 is 2.13 bits per heavy atom. The van der Waals surface area contributed by atoms with E-state index in [1.54, 1.807) is 24.1 Å². The third-order valence-electron chi connectivity index (χ3n) is 3.83. The van der Waals surface area contributed by atoms with Gasteiger partial charge in [0.2, 0.25) is 5.91 Å². The van der Waals surface area contributed by atoms with Crippen molar-refractivity contribution in [3.63, 3.8) is 0 Å². The van der Waals surface area contributed by atoms with E-state index in [0.717, 1.165) is 22.6 Å². The lowest BCUT2D eigenvalue weighted by atomic mass is 10.1. The summed E-state index contributed by atoms with van der Waals surface area (Å²) in [4.78, 5) is 13.8. The van der Waals surface area contributed by atoms with Crippen LogP contribution in [0.3, 0.4) is 0 Å². The van der Waals surface area contributed by atoms with Crippen LogP contribution < -0.4 is 4.74 Å². The quantitative estimate of drug-likeness (QED) is 0.821. The van der Waals surface area contributed by atoms with E-state index in [-0.39, 0.29) is 11.7 Å². The molecule has 0 fully saturated rings. The molecule has 0 radical (unpaired) electrons. The molecule has 0 aliphatic heterocycles. The average Bonchev–Trinajstić information content (AvgIpc) is 2.83. The zero-order valence-corrected chi connectivity index (χ0v) is 13.9. The minimum atomic E-state index is -0.429. The Morgan fingerprint density at radius 1 is 1.39 bits per heavy atom. The van der Waals surface area contributed by atoms with E-state index in [1.165, 1.54) is 13.2 Å². The molecular formula is C17H21FN2O3. The first-order valence-corrected chi connectivity index (χ1v) is 7.40. The van der Waals surface area contributed by atoms with Crippen LogP contribution in [0.25, 0.3) is 0 Å². The molecule has 1 amide bonds. The minimum absolute atomic E-state index is 0.0128. The van der Waals surface area contributed by atoms with E-state index < -0.39 is 5.82 Å². The predicted octanol–water partition coefficient (Wildman–Crippen LogP) is 3.03. The molecule has 0 spiro atoms. The molecule has 0 bridgehead atoms. The third kappa shape index (κ3) is 4.09. The second-order valence-electron chi connectivity index (χ2n) is 5.52. The topological polar surface area (TPSA) is 55.6 Å². The van der Waals surface area contributed by atoms with E-state index in [1.807, 2.05) is 13.8 Å². The van der Waals surface area contributed by atoms with Gasteiger partial charge in [0.05, 0.1) is 12.8 Å². The lowest BCUT2D eigenvalue weighted by Crippen LogP contribution is -2.26. The van der Waals surface area contributed by atoms with E-state index in [9.17, 15) is 9.18 Å². The number of carbonyl (C=O) groups is 1. The average molecular weight is 320 g/mol. The molecule has 1 heterocycles. The number of aromatic nitrogens is 1. The van der Waals surface area contributed by atoms with Crippen LogP contribution in [-0.2, 0) is 17.8 Å². The maximum absolute atomic E-state index is 13.7. The maximum atomic E-state index is 13.7. The highest BCUT2D eigenvalue weighted by Gasteiger charge is 2.14.